The monoisotopic (exact) mass is 649 g/mol. The van der Waals surface area contributed by atoms with Crippen LogP contribution in [0.15, 0.2) is 44.7 Å². The molecule has 41 heavy (non-hydrogen) atoms. The maximum absolute atomic E-state index is 14.4. The number of hydrogen-bond donors (Lipinski definition) is 0. The Kier molecular flexibility index (Phi) is 9.29. The molecule has 0 aliphatic rings. The molecule has 3 heterocycles. The Hall–Kier alpha value is -3.16. The highest BCUT2D eigenvalue weighted by molar-refractivity contribution is 9.10. The molecule has 10 nitrogen and oxygen atoms in total. The van der Waals surface area contributed by atoms with Crippen molar-refractivity contribution in [2.75, 3.05) is 6.61 Å². The van der Waals surface area contributed by atoms with Gasteiger partial charge in [-0.15, -0.1) is 4.80 Å². The van der Waals surface area contributed by atoms with Gasteiger partial charge in [0, 0.05) is 10.0 Å². The SMILES string of the molecule is CCCCOC(=O)C(C)(C)n1c(=O)c2c(C)c(-n3nccn3)sc2n(CC(OC(C)C)c2cc(F)ccc2Br)c1=O. The van der Waals surface area contributed by atoms with Gasteiger partial charge in [-0.2, -0.15) is 10.2 Å². The van der Waals surface area contributed by atoms with E-state index in [-0.39, 0.29) is 24.6 Å². The fourth-order valence-electron chi connectivity index (χ4n) is 4.55. The van der Waals surface area contributed by atoms with E-state index in [1.807, 2.05) is 20.8 Å². The molecule has 0 aliphatic carbocycles. The lowest BCUT2D eigenvalue weighted by Gasteiger charge is -2.27. The van der Waals surface area contributed by atoms with Gasteiger partial charge in [-0.1, -0.05) is 40.6 Å². The predicted molar refractivity (Wildman–Crippen MR) is 158 cm³/mol. The molecule has 1 unspecified atom stereocenters. The van der Waals surface area contributed by atoms with Crippen LogP contribution in [0, 0.1) is 12.7 Å². The van der Waals surface area contributed by atoms with Crippen LogP contribution in [-0.4, -0.2) is 42.8 Å². The van der Waals surface area contributed by atoms with Gasteiger partial charge in [-0.05, 0) is 64.8 Å². The molecule has 0 radical (unpaired) electrons. The van der Waals surface area contributed by atoms with E-state index in [4.69, 9.17) is 9.47 Å². The lowest BCUT2D eigenvalue weighted by Crippen LogP contribution is -2.53. The molecule has 4 aromatic rings. The summed E-state index contributed by atoms with van der Waals surface area (Å²) < 4.78 is 29.0. The molecule has 1 atom stereocenters. The molecular formula is C28H33BrFN5O5S. The third-order valence-electron chi connectivity index (χ3n) is 6.67. The Balaban J connectivity index is 2.00. The standard InChI is InChI=1S/C28H33BrFN5O5S/c1-7-8-13-39-26(37)28(5,6)34-23(36)22-17(4)24(35-31-11-12-32-35)41-25(22)33(27(34)38)15-21(40-16(2)3)19-14-18(30)9-10-20(19)29/h9-12,14,16,21H,7-8,13,15H2,1-6H3. The normalized spacial score (nSPS) is 12.8. The van der Waals surface area contributed by atoms with E-state index in [0.717, 1.165) is 11.0 Å². The topological polar surface area (TPSA) is 110 Å². The van der Waals surface area contributed by atoms with Crippen molar-refractivity contribution in [3.8, 4) is 5.00 Å². The molecule has 0 fully saturated rings. The highest BCUT2D eigenvalue weighted by Crippen LogP contribution is 2.34. The first kappa shape index (κ1) is 30.8. The molecule has 1 aromatic carbocycles. The molecule has 0 saturated heterocycles. The largest absolute Gasteiger partial charge is 0.464 e. The van der Waals surface area contributed by atoms with Gasteiger partial charge in [0.15, 0.2) is 0 Å². The number of aromatic nitrogens is 5. The second-order valence-electron chi connectivity index (χ2n) is 10.5. The molecule has 0 amide bonds. The summed E-state index contributed by atoms with van der Waals surface area (Å²) in [6, 6.07) is 4.25. The maximum Gasteiger partial charge on any atom is 0.333 e. The fourth-order valence-corrected chi connectivity index (χ4v) is 6.27. The molecular weight excluding hydrogens is 617 g/mol. The second-order valence-corrected chi connectivity index (χ2v) is 12.3. The second kappa shape index (κ2) is 12.4. The third kappa shape index (κ3) is 6.07. The van der Waals surface area contributed by atoms with Crippen molar-refractivity contribution in [2.24, 2.45) is 0 Å². The Morgan fingerprint density at radius 2 is 1.88 bits per heavy atom. The van der Waals surface area contributed by atoms with E-state index in [1.165, 1.54) is 59.1 Å². The zero-order valence-electron chi connectivity index (χ0n) is 23.8. The van der Waals surface area contributed by atoms with Gasteiger partial charge in [0.25, 0.3) is 5.56 Å². The van der Waals surface area contributed by atoms with Crippen molar-refractivity contribution < 1.29 is 18.7 Å². The lowest BCUT2D eigenvalue weighted by atomic mass is 10.0. The molecule has 3 aromatic heterocycles. The van der Waals surface area contributed by atoms with Crippen LogP contribution in [0.5, 0.6) is 0 Å². The number of halogens is 2. The van der Waals surface area contributed by atoms with Gasteiger partial charge in [0.1, 0.15) is 27.3 Å². The van der Waals surface area contributed by atoms with E-state index in [0.29, 0.717) is 31.9 Å². The van der Waals surface area contributed by atoms with E-state index >= 15 is 0 Å². The summed E-state index contributed by atoms with van der Waals surface area (Å²) in [5.74, 6) is -1.15. The molecule has 0 N–H and O–H groups in total. The van der Waals surface area contributed by atoms with Crippen molar-refractivity contribution >= 4 is 43.5 Å². The number of fused-ring (bicyclic) bond motifs is 1. The Bertz CT molecular complexity index is 1680. The number of benzene rings is 1. The molecule has 4 rings (SSSR count). The van der Waals surface area contributed by atoms with Crippen LogP contribution in [0.2, 0.25) is 0 Å². The van der Waals surface area contributed by atoms with Crippen molar-refractivity contribution in [1.82, 2.24) is 24.1 Å². The van der Waals surface area contributed by atoms with E-state index in [9.17, 15) is 18.8 Å². The summed E-state index contributed by atoms with van der Waals surface area (Å²) in [5.41, 5.74) is -1.91. The van der Waals surface area contributed by atoms with Crippen LogP contribution in [0.1, 0.15) is 64.7 Å². The van der Waals surface area contributed by atoms with Crippen LogP contribution in [0.4, 0.5) is 4.39 Å². The fraction of sp³-hybridized carbons (Fsp3) is 0.464. The highest BCUT2D eigenvalue weighted by atomic mass is 79.9. The number of unbranched alkanes of at least 4 members (excludes halogenated alkanes) is 1. The van der Waals surface area contributed by atoms with Gasteiger partial charge in [-0.25, -0.2) is 18.5 Å². The van der Waals surface area contributed by atoms with Crippen LogP contribution >= 0.6 is 27.3 Å². The molecule has 0 spiro atoms. The third-order valence-corrected chi connectivity index (χ3v) is 8.67. The van der Waals surface area contributed by atoms with Crippen LogP contribution in [-0.2, 0) is 26.4 Å². The number of aryl methyl sites for hydroxylation is 1. The number of carbonyl (C=O) groups excluding carboxylic acids is 1. The first-order valence-electron chi connectivity index (χ1n) is 13.3. The maximum atomic E-state index is 14.4. The zero-order valence-corrected chi connectivity index (χ0v) is 26.2. The molecule has 0 bridgehead atoms. The van der Waals surface area contributed by atoms with Crippen molar-refractivity contribution in [1.29, 1.82) is 0 Å². The number of ether oxygens (including phenoxy) is 2. The minimum atomic E-state index is -1.62. The summed E-state index contributed by atoms with van der Waals surface area (Å²) >= 11 is 4.66. The van der Waals surface area contributed by atoms with Gasteiger partial charge in [0.2, 0.25) is 0 Å². The van der Waals surface area contributed by atoms with Crippen molar-refractivity contribution in [3.05, 3.63) is 72.8 Å². The molecule has 13 heteroatoms. The highest BCUT2D eigenvalue weighted by Gasteiger charge is 2.37. The quantitative estimate of drug-likeness (QED) is 0.161. The molecule has 0 saturated carbocycles. The first-order chi connectivity index (χ1) is 19.4. The van der Waals surface area contributed by atoms with Gasteiger partial charge in [0.05, 0.1) is 37.0 Å². The first-order valence-corrected chi connectivity index (χ1v) is 14.9. The van der Waals surface area contributed by atoms with E-state index < -0.39 is 34.7 Å². The number of rotatable bonds is 11. The van der Waals surface area contributed by atoms with E-state index in [1.54, 1.807) is 13.0 Å². The molecule has 0 aliphatic heterocycles. The number of hydrogen-bond acceptors (Lipinski definition) is 8. The Labute approximate surface area is 248 Å². The minimum Gasteiger partial charge on any atom is -0.464 e. The van der Waals surface area contributed by atoms with Crippen molar-refractivity contribution in [2.45, 2.75) is 78.7 Å². The number of esters is 1. The minimum absolute atomic E-state index is 0.0667. The smallest absolute Gasteiger partial charge is 0.333 e. The summed E-state index contributed by atoms with van der Waals surface area (Å²) in [4.78, 5) is 43.2. The predicted octanol–water partition coefficient (Wildman–Crippen LogP) is 5.26. The van der Waals surface area contributed by atoms with Crippen LogP contribution in [0.25, 0.3) is 15.2 Å². The molecule has 220 valence electrons. The average molecular weight is 651 g/mol. The summed E-state index contributed by atoms with van der Waals surface area (Å²) in [6.45, 7) is 10.5. The van der Waals surface area contributed by atoms with Crippen LogP contribution < -0.4 is 11.2 Å². The van der Waals surface area contributed by atoms with Crippen LogP contribution in [0.3, 0.4) is 0 Å². The number of thiophene rings is 1. The Morgan fingerprint density at radius 3 is 2.51 bits per heavy atom. The zero-order chi connectivity index (χ0) is 30.1. The number of carbonyl (C=O) groups is 1. The average Bonchev–Trinajstić information content (AvgIpc) is 3.55. The van der Waals surface area contributed by atoms with Gasteiger partial charge in [-0.3, -0.25) is 9.36 Å². The lowest BCUT2D eigenvalue weighted by molar-refractivity contribution is -0.153. The van der Waals surface area contributed by atoms with Crippen molar-refractivity contribution in [3.63, 3.8) is 0 Å². The summed E-state index contributed by atoms with van der Waals surface area (Å²) in [5, 5.41) is 9.21. The summed E-state index contributed by atoms with van der Waals surface area (Å²) in [6.07, 6.45) is 3.45. The summed E-state index contributed by atoms with van der Waals surface area (Å²) in [7, 11) is 0. The number of nitrogens with zero attached hydrogens (tertiary/aromatic N) is 5. The van der Waals surface area contributed by atoms with Gasteiger partial charge >= 0.3 is 11.7 Å². The van der Waals surface area contributed by atoms with Gasteiger partial charge < -0.3 is 9.47 Å². The Morgan fingerprint density at radius 1 is 1.20 bits per heavy atom. The van der Waals surface area contributed by atoms with E-state index in [2.05, 4.69) is 26.1 Å².